The van der Waals surface area contributed by atoms with Gasteiger partial charge in [-0.1, -0.05) is 158 Å². The van der Waals surface area contributed by atoms with Crippen molar-refractivity contribution in [2.24, 2.45) is 0 Å². The Kier molecular flexibility index (Phi) is 6.83. The molecule has 240 valence electrons. The van der Waals surface area contributed by atoms with Crippen LogP contribution >= 0.6 is 11.3 Å². The second-order valence-electron chi connectivity index (χ2n) is 13.4. The third-order valence-electron chi connectivity index (χ3n) is 10.6. The van der Waals surface area contributed by atoms with Crippen molar-refractivity contribution < 1.29 is 0 Å². The van der Waals surface area contributed by atoms with Crippen molar-refractivity contribution in [2.75, 3.05) is 0 Å². The van der Waals surface area contributed by atoms with Crippen molar-refractivity contribution in [3.05, 3.63) is 193 Å². The zero-order valence-corrected chi connectivity index (χ0v) is 28.9. The highest BCUT2D eigenvalue weighted by molar-refractivity contribution is 7.25. The zero-order valence-electron chi connectivity index (χ0n) is 28.0. The Balaban J connectivity index is 1.20. The van der Waals surface area contributed by atoms with Crippen LogP contribution in [0.3, 0.4) is 0 Å². The lowest BCUT2D eigenvalue weighted by molar-refractivity contribution is 0.714. The number of hydrogen-bond acceptors (Lipinski definition) is 3. The number of nitrogens with zero attached hydrogens (tertiary/aromatic N) is 2. The Morgan fingerprint density at radius 1 is 0.431 bits per heavy atom. The van der Waals surface area contributed by atoms with Crippen LogP contribution in [0.25, 0.3) is 76.3 Å². The highest BCUT2D eigenvalue weighted by Gasteiger charge is 2.41. The first-order valence-electron chi connectivity index (χ1n) is 17.4. The Labute approximate surface area is 301 Å². The van der Waals surface area contributed by atoms with E-state index < -0.39 is 0 Å². The summed E-state index contributed by atoms with van der Waals surface area (Å²) in [5.41, 5.74) is 13.4. The largest absolute Gasteiger partial charge is 0.228 e. The average molecular weight is 669 g/mol. The third kappa shape index (κ3) is 4.70. The van der Waals surface area contributed by atoms with Crippen LogP contribution < -0.4 is 0 Å². The van der Waals surface area contributed by atoms with Gasteiger partial charge in [0.1, 0.15) is 0 Å². The van der Waals surface area contributed by atoms with Crippen LogP contribution in [-0.2, 0) is 5.41 Å². The molecule has 1 atom stereocenters. The van der Waals surface area contributed by atoms with Crippen LogP contribution in [0.1, 0.15) is 23.6 Å². The molecule has 0 fully saturated rings. The number of aromatic nitrogens is 2. The summed E-state index contributed by atoms with van der Waals surface area (Å²) in [6.07, 6.45) is 0. The second kappa shape index (κ2) is 11.7. The molecule has 9 aromatic rings. The predicted octanol–water partition coefficient (Wildman–Crippen LogP) is 12.8. The summed E-state index contributed by atoms with van der Waals surface area (Å²) < 4.78 is 2.60. The number of rotatable bonds is 5. The highest BCUT2D eigenvalue weighted by Crippen LogP contribution is 2.55. The normalized spacial score (nSPS) is 14.8. The topological polar surface area (TPSA) is 25.8 Å². The monoisotopic (exact) mass is 668 g/mol. The van der Waals surface area contributed by atoms with Crippen molar-refractivity contribution in [1.82, 2.24) is 9.97 Å². The van der Waals surface area contributed by atoms with Gasteiger partial charge in [0.15, 0.2) is 5.82 Å². The zero-order chi connectivity index (χ0) is 33.9. The minimum absolute atomic E-state index is 0.293. The van der Waals surface area contributed by atoms with E-state index in [9.17, 15) is 0 Å². The minimum Gasteiger partial charge on any atom is -0.228 e. The van der Waals surface area contributed by atoms with Gasteiger partial charge in [0.25, 0.3) is 0 Å². The molecule has 0 N–H and O–H groups in total. The maximum absolute atomic E-state index is 5.33. The number of fused-ring (bicyclic) bond motifs is 6. The van der Waals surface area contributed by atoms with Crippen molar-refractivity contribution in [1.29, 1.82) is 0 Å². The van der Waals surface area contributed by atoms with Crippen LogP contribution in [0, 0.1) is 0 Å². The molecule has 1 aliphatic rings. The van der Waals surface area contributed by atoms with E-state index in [0.29, 0.717) is 5.82 Å². The van der Waals surface area contributed by atoms with E-state index in [4.69, 9.17) is 9.97 Å². The fourth-order valence-electron chi connectivity index (χ4n) is 8.13. The van der Waals surface area contributed by atoms with E-state index in [1.54, 1.807) is 0 Å². The maximum atomic E-state index is 5.33. The molecule has 0 aliphatic heterocycles. The third-order valence-corrected chi connectivity index (χ3v) is 11.7. The summed E-state index contributed by atoms with van der Waals surface area (Å²) in [5.74, 6) is 0.715. The molecule has 3 heteroatoms. The van der Waals surface area contributed by atoms with Crippen molar-refractivity contribution in [2.45, 2.75) is 12.3 Å². The van der Waals surface area contributed by atoms with Gasteiger partial charge in [-0.05, 0) is 64.1 Å². The number of thiophene rings is 1. The molecule has 2 nitrogen and oxygen atoms in total. The van der Waals surface area contributed by atoms with Gasteiger partial charge < -0.3 is 0 Å². The second-order valence-corrected chi connectivity index (χ2v) is 14.5. The summed E-state index contributed by atoms with van der Waals surface area (Å²) in [4.78, 5) is 10.6. The first kappa shape index (κ1) is 29.7. The fraction of sp³-hybridized carbons (Fsp3) is 0.0417. The molecule has 0 spiro atoms. The van der Waals surface area contributed by atoms with Gasteiger partial charge in [0.05, 0.1) is 11.4 Å². The molecule has 0 radical (unpaired) electrons. The smallest absolute Gasteiger partial charge is 0.160 e. The van der Waals surface area contributed by atoms with Crippen LogP contribution in [-0.4, -0.2) is 9.97 Å². The van der Waals surface area contributed by atoms with Crippen LogP contribution in [0.4, 0.5) is 0 Å². The quantitative estimate of drug-likeness (QED) is 0.182. The summed E-state index contributed by atoms with van der Waals surface area (Å²) >= 11 is 1.85. The molecular weight excluding hydrogens is 637 g/mol. The Bertz CT molecular complexity index is 2760. The van der Waals surface area contributed by atoms with E-state index in [1.807, 2.05) is 17.4 Å². The molecule has 51 heavy (non-hydrogen) atoms. The van der Waals surface area contributed by atoms with Crippen LogP contribution in [0.2, 0.25) is 0 Å². The molecule has 0 amide bonds. The molecule has 2 heterocycles. The van der Waals surface area contributed by atoms with Gasteiger partial charge in [-0.25, -0.2) is 9.97 Å². The summed E-state index contributed by atoms with van der Waals surface area (Å²) in [6.45, 7) is 2.36. The molecule has 2 aromatic heterocycles. The van der Waals surface area contributed by atoms with Gasteiger partial charge in [-0.2, -0.15) is 0 Å². The maximum Gasteiger partial charge on any atom is 0.160 e. The van der Waals surface area contributed by atoms with Crippen LogP contribution in [0.5, 0.6) is 0 Å². The molecule has 0 saturated carbocycles. The lowest BCUT2D eigenvalue weighted by Crippen LogP contribution is -2.22. The van der Waals surface area contributed by atoms with Crippen molar-refractivity contribution in [3.63, 3.8) is 0 Å². The van der Waals surface area contributed by atoms with Gasteiger partial charge in [0.2, 0.25) is 0 Å². The standard InChI is InChI=1S/C48H32N2S/c1-48(33-17-6-3-7-18-33)40-24-12-10-22-38(40)46-39(23-14-25-41(46)48)43-30-42(49-47(50-43)31-15-4-2-5-16-31)35-20-9-8-19-34(35)32-27-28-37-36-21-11-13-26-44(36)51-45(37)29-32/h2-30H,1H3. The molecule has 7 aromatic carbocycles. The lowest BCUT2D eigenvalue weighted by atomic mass is 9.74. The molecule has 1 aliphatic carbocycles. The molecule has 0 bridgehead atoms. The first-order chi connectivity index (χ1) is 25.2. The van der Waals surface area contributed by atoms with Gasteiger partial charge in [-0.3, -0.25) is 0 Å². The minimum atomic E-state index is -0.293. The van der Waals surface area contributed by atoms with Crippen molar-refractivity contribution in [3.8, 4) is 56.2 Å². The van der Waals surface area contributed by atoms with Gasteiger partial charge >= 0.3 is 0 Å². The van der Waals surface area contributed by atoms with E-state index in [1.165, 1.54) is 53.6 Å². The van der Waals surface area contributed by atoms with E-state index in [0.717, 1.165) is 33.6 Å². The lowest BCUT2D eigenvalue weighted by Gasteiger charge is -2.28. The molecular formula is C48H32N2S. The number of benzene rings is 7. The van der Waals surface area contributed by atoms with Gasteiger partial charge in [-0.15, -0.1) is 11.3 Å². The SMILES string of the molecule is CC1(c2ccccc2)c2ccccc2-c2c(-c3cc(-c4ccccc4-c4ccc5c(c4)sc4ccccc45)nc(-c4ccccc4)n3)cccc21. The van der Waals surface area contributed by atoms with Gasteiger partial charge in [0, 0.05) is 42.3 Å². The van der Waals surface area contributed by atoms with E-state index in [2.05, 4.69) is 177 Å². The first-order valence-corrected chi connectivity index (χ1v) is 18.2. The van der Waals surface area contributed by atoms with Crippen molar-refractivity contribution >= 4 is 31.5 Å². The fourth-order valence-corrected chi connectivity index (χ4v) is 9.27. The summed E-state index contributed by atoms with van der Waals surface area (Å²) in [5, 5.41) is 2.61. The van der Waals surface area contributed by atoms with Crippen LogP contribution in [0.15, 0.2) is 176 Å². The Morgan fingerprint density at radius 2 is 1.04 bits per heavy atom. The molecule has 1 unspecified atom stereocenters. The van der Waals surface area contributed by atoms with E-state index >= 15 is 0 Å². The molecule has 0 saturated heterocycles. The summed E-state index contributed by atoms with van der Waals surface area (Å²) in [7, 11) is 0. The number of hydrogen-bond donors (Lipinski definition) is 0. The van der Waals surface area contributed by atoms with E-state index in [-0.39, 0.29) is 5.41 Å². The Hall–Kier alpha value is -6.16. The Morgan fingerprint density at radius 3 is 1.86 bits per heavy atom. The average Bonchev–Trinajstić information content (AvgIpc) is 3.71. The summed E-state index contributed by atoms with van der Waals surface area (Å²) in [6, 6.07) is 63.2. The highest BCUT2D eigenvalue weighted by atomic mass is 32.1. The predicted molar refractivity (Wildman–Crippen MR) is 214 cm³/mol. The molecule has 10 rings (SSSR count).